The van der Waals surface area contributed by atoms with Crippen molar-refractivity contribution in [3.63, 3.8) is 0 Å². The third-order valence-corrected chi connectivity index (χ3v) is 8.25. The average Bonchev–Trinajstić information content (AvgIpc) is 2.73. The number of alkyl halides is 3. The van der Waals surface area contributed by atoms with Gasteiger partial charge in [0.1, 0.15) is 0 Å². The molecule has 0 saturated carbocycles. The molecule has 0 aromatic heterocycles. The highest BCUT2D eigenvalue weighted by atomic mass is 32.2. The number of nitrogens with one attached hydrogen (secondary N) is 1. The molecule has 0 aliphatic carbocycles. The molecule has 1 fully saturated rings. The molecule has 174 valence electrons. The van der Waals surface area contributed by atoms with E-state index in [-0.39, 0.29) is 24.4 Å². The van der Waals surface area contributed by atoms with Crippen LogP contribution >= 0.6 is 0 Å². The topological polar surface area (TPSA) is 121 Å². The number of halogens is 3. The van der Waals surface area contributed by atoms with Crippen LogP contribution in [0.2, 0.25) is 0 Å². The summed E-state index contributed by atoms with van der Waals surface area (Å²) >= 11 is 0. The number of hydrogen-bond donors (Lipinski definition) is 2. The van der Waals surface area contributed by atoms with E-state index in [2.05, 4.69) is 4.72 Å². The van der Waals surface area contributed by atoms with Gasteiger partial charge in [0.25, 0.3) is 0 Å². The van der Waals surface area contributed by atoms with Gasteiger partial charge in [-0.15, -0.1) is 0 Å². The number of nitrogens with zero attached hydrogens (tertiary/aromatic N) is 1. The lowest BCUT2D eigenvalue weighted by Gasteiger charge is -2.31. The molecule has 1 saturated heterocycles. The maximum atomic E-state index is 13.5. The molecular weight excluding hydrogens is 473 g/mol. The van der Waals surface area contributed by atoms with E-state index >= 15 is 0 Å². The van der Waals surface area contributed by atoms with Gasteiger partial charge in [0.15, 0.2) is 0 Å². The molecule has 0 bridgehead atoms. The van der Waals surface area contributed by atoms with Crippen molar-refractivity contribution in [2.75, 3.05) is 13.1 Å². The minimum Gasteiger partial charge on any atom is -0.465 e. The van der Waals surface area contributed by atoms with Crippen molar-refractivity contribution >= 4 is 26.0 Å². The van der Waals surface area contributed by atoms with Gasteiger partial charge in [-0.1, -0.05) is 18.2 Å². The number of sulfonamides is 1. The molecule has 32 heavy (non-hydrogen) atoms. The Morgan fingerprint density at radius 3 is 2.28 bits per heavy atom. The number of hydrogen-bond acceptors (Lipinski definition) is 5. The molecule has 1 aliphatic heterocycles. The highest BCUT2D eigenvalue weighted by Crippen LogP contribution is 2.36. The van der Waals surface area contributed by atoms with Crippen molar-refractivity contribution in [2.45, 2.75) is 39.7 Å². The zero-order chi connectivity index (χ0) is 23.7. The van der Waals surface area contributed by atoms with E-state index in [1.807, 2.05) is 0 Å². The Morgan fingerprint density at radius 1 is 1.03 bits per heavy atom. The van der Waals surface area contributed by atoms with Crippen molar-refractivity contribution in [3.05, 3.63) is 54.1 Å². The van der Waals surface area contributed by atoms with Gasteiger partial charge in [-0.05, 0) is 43.2 Å². The van der Waals surface area contributed by atoms with Gasteiger partial charge in [-0.2, -0.15) is 13.2 Å². The molecular formula is C19H19F3N2O6S2. The Balaban J connectivity index is 2.05. The summed E-state index contributed by atoms with van der Waals surface area (Å²) in [7, 11) is -9.12. The summed E-state index contributed by atoms with van der Waals surface area (Å²) < 4.78 is 94.1. The van der Waals surface area contributed by atoms with Crippen LogP contribution in [-0.4, -0.2) is 52.1 Å². The zero-order valence-electron chi connectivity index (χ0n) is 16.4. The van der Waals surface area contributed by atoms with E-state index in [1.54, 1.807) is 6.07 Å². The largest absolute Gasteiger partial charge is 0.465 e. The Kier molecular flexibility index (Phi) is 6.54. The van der Waals surface area contributed by atoms with E-state index < -0.39 is 53.5 Å². The second-order valence-corrected chi connectivity index (χ2v) is 10.8. The van der Waals surface area contributed by atoms with Crippen molar-refractivity contribution in [3.8, 4) is 0 Å². The first-order valence-electron chi connectivity index (χ1n) is 9.34. The predicted octanol–water partition coefficient (Wildman–Crippen LogP) is 2.96. The van der Waals surface area contributed by atoms with E-state index in [0.717, 1.165) is 4.90 Å². The summed E-state index contributed by atoms with van der Waals surface area (Å²) in [5, 5.41) is 9.09. The number of benzene rings is 2. The normalized spacial score (nSPS) is 17.8. The predicted molar refractivity (Wildman–Crippen MR) is 106 cm³/mol. The van der Waals surface area contributed by atoms with E-state index in [4.69, 9.17) is 5.11 Å². The van der Waals surface area contributed by atoms with Crippen LogP contribution in [-0.2, 0) is 26.0 Å². The van der Waals surface area contributed by atoms with Crippen LogP contribution in [0, 0.1) is 0 Å². The number of carbonyl (C=O) groups is 1. The molecule has 1 atom stereocenters. The number of piperidine rings is 1. The van der Waals surface area contributed by atoms with Crippen molar-refractivity contribution in [2.24, 2.45) is 0 Å². The lowest BCUT2D eigenvalue weighted by atomic mass is 10.1. The summed E-state index contributed by atoms with van der Waals surface area (Å²) in [5.74, 6) is 0. The molecule has 8 nitrogen and oxygen atoms in total. The molecule has 2 aromatic rings. The summed E-state index contributed by atoms with van der Waals surface area (Å²) in [5.41, 5.74) is -1.53. The number of carboxylic acid groups (broad SMARTS) is 1. The second kappa shape index (κ2) is 8.71. The molecule has 13 heteroatoms. The van der Waals surface area contributed by atoms with Gasteiger partial charge in [0.05, 0.1) is 20.2 Å². The van der Waals surface area contributed by atoms with Crippen LogP contribution in [0.15, 0.2) is 63.2 Å². The lowest BCUT2D eigenvalue weighted by molar-refractivity contribution is -0.139. The van der Waals surface area contributed by atoms with Gasteiger partial charge in [0, 0.05) is 19.1 Å². The summed E-state index contributed by atoms with van der Waals surface area (Å²) in [4.78, 5) is 10.0. The molecule has 2 N–H and O–H groups in total. The third kappa shape index (κ3) is 5.05. The lowest BCUT2D eigenvalue weighted by Crippen LogP contribution is -2.49. The fourth-order valence-corrected chi connectivity index (χ4v) is 6.29. The fraction of sp³-hybridized carbons (Fsp3) is 0.316. The highest BCUT2D eigenvalue weighted by Gasteiger charge is 2.39. The van der Waals surface area contributed by atoms with Crippen LogP contribution < -0.4 is 4.72 Å². The number of amides is 1. The first-order chi connectivity index (χ1) is 14.8. The molecule has 1 amide bonds. The second-order valence-electron chi connectivity index (χ2n) is 7.16. The molecule has 1 aliphatic rings. The van der Waals surface area contributed by atoms with Crippen LogP contribution in [0.3, 0.4) is 0 Å². The molecule has 3 rings (SSSR count). The van der Waals surface area contributed by atoms with Crippen LogP contribution in [0.4, 0.5) is 18.0 Å². The van der Waals surface area contributed by atoms with E-state index in [1.165, 1.54) is 24.3 Å². The quantitative estimate of drug-likeness (QED) is 0.662. The summed E-state index contributed by atoms with van der Waals surface area (Å²) in [6, 6.07) is 7.51. The van der Waals surface area contributed by atoms with E-state index in [9.17, 15) is 34.8 Å². The summed E-state index contributed by atoms with van der Waals surface area (Å²) in [6.45, 7) is -0.0654. The first kappa shape index (κ1) is 24.0. The molecule has 0 spiro atoms. The Hall–Kier alpha value is -2.64. The number of rotatable bonds is 5. The van der Waals surface area contributed by atoms with Crippen LogP contribution in [0.25, 0.3) is 0 Å². The smallest absolute Gasteiger partial charge is 0.417 e. The van der Waals surface area contributed by atoms with Crippen LogP contribution in [0.5, 0.6) is 0 Å². The molecule has 0 radical (unpaired) electrons. The number of sulfone groups is 1. The van der Waals surface area contributed by atoms with Gasteiger partial charge < -0.3 is 10.0 Å². The average molecular weight is 492 g/mol. The monoisotopic (exact) mass is 492 g/mol. The van der Waals surface area contributed by atoms with Crippen LogP contribution in [0.1, 0.15) is 18.4 Å². The third-order valence-electron chi connectivity index (χ3n) is 4.93. The molecule has 0 unspecified atom stereocenters. The van der Waals surface area contributed by atoms with Crippen molar-refractivity contribution in [1.82, 2.24) is 9.62 Å². The fourth-order valence-electron chi connectivity index (χ4n) is 3.39. The van der Waals surface area contributed by atoms with Gasteiger partial charge in [0.2, 0.25) is 19.9 Å². The number of likely N-dealkylation sites (tertiary alicyclic amines) is 1. The minimum atomic E-state index is -5.07. The maximum Gasteiger partial charge on any atom is 0.417 e. The van der Waals surface area contributed by atoms with E-state index in [0.29, 0.717) is 24.6 Å². The highest BCUT2D eigenvalue weighted by molar-refractivity contribution is 7.91. The van der Waals surface area contributed by atoms with Gasteiger partial charge in [-0.3, -0.25) is 0 Å². The zero-order valence-corrected chi connectivity index (χ0v) is 18.0. The first-order valence-corrected chi connectivity index (χ1v) is 12.3. The Bertz CT molecular complexity index is 1220. The van der Waals surface area contributed by atoms with Crippen molar-refractivity contribution in [1.29, 1.82) is 0 Å². The standard InChI is InChI=1S/C19H19F3N2O6S2/c20-19(21,22)16-9-8-15(31(27,28)14-6-2-1-3-7-14)11-17(16)32(29,30)23-13-5-4-10-24(12-13)18(25)26/h1-3,6-9,11,13,23H,4-5,10,12H2,(H,25,26)/t13-/m1/s1. The summed E-state index contributed by atoms with van der Waals surface area (Å²) in [6.07, 6.45) is -5.82. The maximum absolute atomic E-state index is 13.5. The Labute approximate surface area is 182 Å². The SMILES string of the molecule is O=C(O)N1CCC[C@@H](NS(=O)(=O)c2cc(S(=O)(=O)c3ccccc3)ccc2C(F)(F)F)C1. The molecule has 2 aromatic carbocycles. The van der Waals surface area contributed by atoms with Gasteiger partial charge in [-0.25, -0.2) is 26.4 Å². The molecule has 1 heterocycles. The Morgan fingerprint density at radius 2 is 1.69 bits per heavy atom. The van der Waals surface area contributed by atoms with Gasteiger partial charge >= 0.3 is 12.3 Å². The minimum absolute atomic E-state index is 0.173. The van der Waals surface area contributed by atoms with Crippen molar-refractivity contribution < 1.29 is 39.9 Å².